The number of carbonyl (C=O) groups is 1. The average molecular weight is 305 g/mol. The predicted octanol–water partition coefficient (Wildman–Crippen LogP) is 3.28. The van der Waals surface area contributed by atoms with Crippen molar-refractivity contribution in [3.63, 3.8) is 0 Å². The zero-order chi connectivity index (χ0) is 15.5. The van der Waals surface area contributed by atoms with Gasteiger partial charge in [-0.05, 0) is 31.0 Å². The van der Waals surface area contributed by atoms with Crippen LogP contribution in [0.25, 0.3) is 0 Å². The molecule has 2 aromatic rings. The molecule has 0 aliphatic rings. The highest BCUT2D eigenvalue weighted by Gasteiger charge is 2.26. The van der Waals surface area contributed by atoms with Gasteiger partial charge in [-0.2, -0.15) is 0 Å². The van der Waals surface area contributed by atoms with Gasteiger partial charge >= 0.3 is 0 Å². The Morgan fingerprint density at radius 3 is 2.67 bits per heavy atom. The summed E-state index contributed by atoms with van der Waals surface area (Å²) in [7, 11) is 0. The molecule has 0 aliphatic carbocycles. The van der Waals surface area contributed by atoms with Crippen molar-refractivity contribution in [3.8, 4) is 0 Å². The normalized spacial score (nSPS) is 13.5. The molecule has 1 unspecified atom stereocenters. The molecule has 21 heavy (non-hydrogen) atoms. The van der Waals surface area contributed by atoms with Gasteiger partial charge in [0.15, 0.2) is 0 Å². The van der Waals surface area contributed by atoms with Gasteiger partial charge in [0.2, 0.25) is 5.91 Å². The molecule has 0 radical (unpaired) electrons. The number of benzene rings is 1. The van der Waals surface area contributed by atoms with Crippen molar-refractivity contribution in [3.05, 3.63) is 58.9 Å². The van der Waals surface area contributed by atoms with Crippen molar-refractivity contribution in [2.45, 2.75) is 25.9 Å². The lowest BCUT2D eigenvalue weighted by Crippen LogP contribution is -2.28. The minimum atomic E-state index is -1.22. The van der Waals surface area contributed by atoms with Gasteiger partial charge in [-0.1, -0.05) is 41.9 Å². The fraction of sp³-hybridized carbons (Fsp3) is 0.250. The SMILES string of the molecule is Cc1cc(Cl)ncc1NC(=O)CC(C)(O)c1ccccc1. The Morgan fingerprint density at radius 1 is 1.38 bits per heavy atom. The first-order chi connectivity index (χ1) is 9.88. The van der Waals surface area contributed by atoms with Crippen molar-refractivity contribution in [1.29, 1.82) is 0 Å². The number of aromatic nitrogens is 1. The Labute approximate surface area is 128 Å². The fourth-order valence-electron chi connectivity index (χ4n) is 2.06. The first kappa shape index (κ1) is 15.5. The number of amides is 1. The van der Waals surface area contributed by atoms with Crippen LogP contribution in [0.4, 0.5) is 5.69 Å². The fourth-order valence-corrected chi connectivity index (χ4v) is 2.27. The highest BCUT2D eigenvalue weighted by Crippen LogP contribution is 2.25. The summed E-state index contributed by atoms with van der Waals surface area (Å²) in [5.41, 5.74) is 0.890. The topological polar surface area (TPSA) is 62.2 Å². The molecule has 1 aromatic carbocycles. The van der Waals surface area contributed by atoms with Crippen LogP contribution < -0.4 is 5.32 Å². The zero-order valence-electron chi connectivity index (χ0n) is 11.9. The maximum Gasteiger partial charge on any atom is 0.227 e. The highest BCUT2D eigenvalue weighted by molar-refractivity contribution is 6.29. The quantitative estimate of drug-likeness (QED) is 0.852. The number of halogens is 1. The molecular weight excluding hydrogens is 288 g/mol. The number of hydrogen-bond donors (Lipinski definition) is 2. The number of carbonyl (C=O) groups excluding carboxylic acids is 1. The molecule has 1 aromatic heterocycles. The monoisotopic (exact) mass is 304 g/mol. The second-order valence-corrected chi connectivity index (χ2v) is 5.57. The van der Waals surface area contributed by atoms with Crippen molar-refractivity contribution in [2.24, 2.45) is 0 Å². The molecule has 110 valence electrons. The molecule has 0 saturated carbocycles. The van der Waals surface area contributed by atoms with Crippen LogP contribution in [0.5, 0.6) is 0 Å². The second-order valence-electron chi connectivity index (χ2n) is 5.19. The van der Waals surface area contributed by atoms with E-state index in [1.165, 1.54) is 6.20 Å². The molecule has 2 rings (SSSR count). The third-order valence-electron chi connectivity index (χ3n) is 3.25. The van der Waals surface area contributed by atoms with E-state index in [0.29, 0.717) is 16.4 Å². The Hall–Kier alpha value is -1.91. The molecule has 0 fully saturated rings. The van der Waals surface area contributed by atoms with E-state index in [1.807, 2.05) is 25.1 Å². The maximum atomic E-state index is 12.1. The van der Waals surface area contributed by atoms with Gasteiger partial charge in [-0.15, -0.1) is 0 Å². The summed E-state index contributed by atoms with van der Waals surface area (Å²) in [5, 5.41) is 13.6. The van der Waals surface area contributed by atoms with Gasteiger partial charge in [0, 0.05) is 0 Å². The summed E-state index contributed by atoms with van der Waals surface area (Å²) in [6.45, 7) is 3.45. The predicted molar refractivity (Wildman–Crippen MR) is 83.2 cm³/mol. The Bertz CT molecular complexity index is 642. The van der Waals surface area contributed by atoms with E-state index < -0.39 is 5.60 Å². The van der Waals surface area contributed by atoms with E-state index >= 15 is 0 Å². The van der Waals surface area contributed by atoms with Crippen LogP contribution in [0, 0.1) is 6.92 Å². The molecule has 1 atom stereocenters. The second kappa shape index (κ2) is 6.24. The first-order valence-electron chi connectivity index (χ1n) is 6.58. The molecule has 0 bridgehead atoms. The minimum absolute atomic E-state index is 0.0426. The minimum Gasteiger partial charge on any atom is -0.385 e. The molecule has 5 heteroatoms. The summed E-state index contributed by atoms with van der Waals surface area (Å²) in [4.78, 5) is 16.0. The molecule has 0 spiro atoms. The number of hydrogen-bond acceptors (Lipinski definition) is 3. The summed E-state index contributed by atoms with van der Waals surface area (Å²) in [6, 6.07) is 10.8. The molecule has 1 heterocycles. The van der Waals surface area contributed by atoms with Gasteiger partial charge < -0.3 is 10.4 Å². The smallest absolute Gasteiger partial charge is 0.227 e. The zero-order valence-corrected chi connectivity index (χ0v) is 12.7. The molecule has 4 nitrogen and oxygen atoms in total. The van der Waals surface area contributed by atoms with Crippen LogP contribution in [0.1, 0.15) is 24.5 Å². The third-order valence-corrected chi connectivity index (χ3v) is 3.46. The summed E-state index contributed by atoms with van der Waals surface area (Å²) in [5.74, 6) is -0.281. The maximum absolute atomic E-state index is 12.1. The lowest BCUT2D eigenvalue weighted by atomic mass is 9.92. The van der Waals surface area contributed by atoms with E-state index in [0.717, 1.165) is 5.56 Å². The van der Waals surface area contributed by atoms with Crippen LogP contribution in [-0.4, -0.2) is 16.0 Å². The summed E-state index contributed by atoms with van der Waals surface area (Å²) < 4.78 is 0. The number of rotatable bonds is 4. The van der Waals surface area contributed by atoms with Gasteiger partial charge in [0.25, 0.3) is 0 Å². The molecule has 0 saturated heterocycles. The first-order valence-corrected chi connectivity index (χ1v) is 6.96. The standard InChI is InChI=1S/C16H17ClN2O2/c1-11-8-14(17)18-10-13(11)19-15(20)9-16(2,21)12-6-4-3-5-7-12/h3-8,10,21H,9H2,1-2H3,(H,19,20). The average Bonchev–Trinajstić information content (AvgIpc) is 2.42. The Kier molecular flexibility index (Phi) is 4.60. The van der Waals surface area contributed by atoms with E-state index in [1.54, 1.807) is 25.1 Å². The number of aryl methyl sites for hydroxylation is 1. The number of pyridine rings is 1. The number of aliphatic hydroxyl groups is 1. The lowest BCUT2D eigenvalue weighted by Gasteiger charge is -2.23. The van der Waals surface area contributed by atoms with E-state index in [2.05, 4.69) is 10.3 Å². The van der Waals surface area contributed by atoms with Crippen LogP contribution in [0.2, 0.25) is 5.15 Å². The molecular formula is C16H17ClN2O2. The van der Waals surface area contributed by atoms with Crippen LogP contribution in [0.3, 0.4) is 0 Å². The lowest BCUT2D eigenvalue weighted by molar-refractivity contribution is -0.120. The molecule has 2 N–H and O–H groups in total. The third kappa shape index (κ3) is 4.03. The van der Waals surface area contributed by atoms with Crippen molar-refractivity contribution < 1.29 is 9.90 Å². The summed E-state index contributed by atoms with van der Waals surface area (Å²) in [6.07, 6.45) is 1.46. The van der Waals surface area contributed by atoms with Crippen molar-refractivity contribution in [1.82, 2.24) is 4.98 Å². The van der Waals surface area contributed by atoms with Gasteiger partial charge in [0.1, 0.15) is 5.15 Å². The van der Waals surface area contributed by atoms with E-state index in [-0.39, 0.29) is 12.3 Å². The van der Waals surface area contributed by atoms with Crippen molar-refractivity contribution in [2.75, 3.05) is 5.32 Å². The van der Waals surface area contributed by atoms with Gasteiger partial charge in [-0.3, -0.25) is 4.79 Å². The van der Waals surface area contributed by atoms with Gasteiger partial charge in [0.05, 0.1) is 23.9 Å². The van der Waals surface area contributed by atoms with Gasteiger partial charge in [-0.25, -0.2) is 4.98 Å². The Morgan fingerprint density at radius 2 is 2.05 bits per heavy atom. The summed E-state index contributed by atoms with van der Waals surface area (Å²) >= 11 is 5.78. The van der Waals surface area contributed by atoms with Crippen LogP contribution in [0.15, 0.2) is 42.6 Å². The molecule has 0 aliphatic heterocycles. The van der Waals surface area contributed by atoms with Crippen LogP contribution in [-0.2, 0) is 10.4 Å². The number of nitrogens with one attached hydrogen (secondary N) is 1. The highest BCUT2D eigenvalue weighted by atomic mass is 35.5. The number of anilines is 1. The number of nitrogens with zero attached hydrogens (tertiary/aromatic N) is 1. The van der Waals surface area contributed by atoms with Crippen LogP contribution >= 0.6 is 11.6 Å². The Balaban J connectivity index is 2.08. The molecule has 1 amide bonds. The van der Waals surface area contributed by atoms with Crippen molar-refractivity contribution >= 4 is 23.2 Å². The van der Waals surface area contributed by atoms with E-state index in [4.69, 9.17) is 11.6 Å². The largest absolute Gasteiger partial charge is 0.385 e. The van der Waals surface area contributed by atoms with E-state index in [9.17, 15) is 9.90 Å².